The first-order chi connectivity index (χ1) is 12.7. The molecule has 0 bridgehead atoms. The van der Waals surface area contributed by atoms with Crippen LogP contribution in [-0.2, 0) is 0 Å². The number of benzene rings is 1. The normalized spacial score (nSPS) is 21.9. The molecule has 3 heterocycles. The number of aromatic amines is 1. The smallest absolute Gasteiger partial charge is 0.264 e. The highest BCUT2D eigenvalue weighted by molar-refractivity contribution is 6.08. The van der Waals surface area contributed by atoms with Crippen molar-refractivity contribution in [3.63, 3.8) is 0 Å². The second-order valence-electron chi connectivity index (χ2n) is 7.68. The first kappa shape index (κ1) is 15.7. The summed E-state index contributed by atoms with van der Waals surface area (Å²) in [5.41, 5.74) is 2.98. The van der Waals surface area contributed by atoms with Crippen LogP contribution in [0.2, 0.25) is 0 Å². The number of carbonyl (C=O) groups is 1. The Labute approximate surface area is 152 Å². The van der Waals surface area contributed by atoms with Crippen molar-refractivity contribution in [2.24, 2.45) is 0 Å². The second kappa shape index (κ2) is 6.01. The predicted molar refractivity (Wildman–Crippen MR) is 102 cm³/mol. The van der Waals surface area contributed by atoms with Gasteiger partial charge in [-0.3, -0.25) is 9.59 Å². The number of fused-ring (bicyclic) bond motifs is 3. The van der Waals surface area contributed by atoms with E-state index in [1.165, 1.54) is 12.8 Å². The summed E-state index contributed by atoms with van der Waals surface area (Å²) < 4.78 is 0. The zero-order chi connectivity index (χ0) is 17.7. The maximum Gasteiger partial charge on any atom is 0.264 e. The van der Waals surface area contributed by atoms with Crippen LogP contribution in [0.1, 0.15) is 54.1 Å². The summed E-state index contributed by atoms with van der Waals surface area (Å²) in [5.74, 6) is 0.282. The fourth-order valence-electron chi connectivity index (χ4n) is 4.38. The molecule has 0 spiro atoms. The molecule has 1 aliphatic carbocycles. The number of nitrogens with one attached hydrogen (secondary N) is 1. The summed E-state index contributed by atoms with van der Waals surface area (Å²) >= 11 is 0. The average Bonchev–Trinajstić information content (AvgIpc) is 3.52. The van der Waals surface area contributed by atoms with Crippen LogP contribution in [0, 0.1) is 0 Å². The molecule has 5 rings (SSSR count). The van der Waals surface area contributed by atoms with Gasteiger partial charge in [0.2, 0.25) is 0 Å². The van der Waals surface area contributed by atoms with E-state index in [2.05, 4.69) is 16.0 Å². The van der Waals surface area contributed by atoms with Crippen LogP contribution in [0.25, 0.3) is 0 Å². The molecular formula is C21H23N3O2. The van der Waals surface area contributed by atoms with E-state index in [1.807, 2.05) is 29.2 Å². The summed E-state index contributed by atoms with van der Waals surface area (Å²) in [6.07, 6.45) is 5.73. The van der Waals surface area contributed by atoms with Gasteiger partial charge in [0.1, 0.15) is 5.56 Å². The Morgan fingerprint density at radius 1 is 1.00 bits per heavy atom. The quantitative estimate of drug-likeness (QED) is 0.905. The van der Waals surface area contributed by atoms with Gasteiger partial charge in [-0.25, -0.2) is 0 Å². The number of piperidine rings is 1. The zero-order valence-electron chi connectivity index (χ0n) is 14.8. The van der Waals surface area contributed by atoms with E-state index in [0.29, 0.717) is 18.5 Å². The largest absolute Gasteiger partial charge is 0.365 e. The molecule has 1 aromatic carbocycles. The topological polar surface area (TPSA) is 56.4 Å². The number of anilines is 2. The number of carbonyl (C=O) groups excluding carboxylic acids is 1. The lowest BCUT2D eigenvalue weighted by Crippen LogP contribution is -2.53. The van der Waals surface area contributed by atoms with E-state index in [4.69, 9.17) is 0 Å². The highest BCUT2D eigenvalue weighted by Gasteiger charge is 2.36. The van der Waals surface area contributed by atoms with Gasteiger partial charge in [-0.15, -0.1) is 0 Å². The summed E-state index contributed by atoms with van der Waals surface area (Å²) in [6, 6.07) is 12.0. The molecule has 1 N–H and O–H groups in total. The number of rotatable bonds is 2. The van der Waals surface area contributed by atoms with Crippen molar-refractivity contribution in [2.45, 2.75) is 44.1 Å². The lowest BCUT2D eigenvalue weighted by atomic mass is 9.96. The molecule has 5 heteroatoms. The van der Waals surface area contributed by atoms with Gasteiger partial charge in [-0.1, -0.05) is 12.1 Å². The minimum Gasteiger partial charge on any atom is -0.365 e. The van der Waals surface area contributed by atoms with Crippen LogP contribution in [0.15, 0.2) is 41.2 Å². The minimum absolute atomic E-state index is 0.189. The van der Waals surface area contributed by atoms with E-state index in [9.17, 15) is 9.59 Å². The third kappa shape index (κ3) is 2.54. The van der Waals surface area contributed by atoms with Crippen molar-refractivity contribution >= 4 is 17.3 Å². The molecule has 5 nitrogen and oxygen atoms in total. The van der Waals surface area contributed by atoms with Gasteiger partial charge < -0.3 is 14.8 Å². The fraction of sp³-hybridized carbons (Fsp3) is 0.429. The van der Waals surface area contributed by atoms with Gasteiger partial charge in [0, 0.05) is 24.8 Å². The first-order valence-corrected chi connectivity index (χ1v) is 9.63. The lowest BCUT2D eigenvalue weighted by molar-refractivity contribution is 0.0981. The number of hydrogen-bond acceptors (Lipinski definition) is 3. The third-order valence-electron chi connectivity index (χ3n) is 5.93. The van der Waals surface area contributed by atoms with Crippen LogP contribution in [0.5, 0.6) is 0 Å². The van der Waals surface area contributed by atoms with Gasteiger partial charge in [-0.2, -0.15) is 0 Å². The molecule has 3 aliphatic rings. The number of pyridine rings is 1. The molecule has 26 heavy (non-hydrogen) atoms. The number of hydrogen-bond donors (Lipinski definition) is 1. The first-order valence-electron chi connectivity index (χ1n) is 9.63. The van der Waals surface area contributed by atoms with Gasteiger partial charge in [0.25, 0.3) is 11.5 Å². The Balaban J connectivity index is 1.52. The molecule has 1 unspecified atom stereocenters. The third-order valence-corrected chi connectivity index (χ3v) is 5.93. The van der Waals surface area contributed by atoms with Crippen molar-refractivity contribution in [2.75, 3.05) is 22.9 Å². The zero-order valence-corrected chi connectivity index (χ0v) is 14.8. The summed E-state index contributed by atoms with van der Waals surface area (Å²) in [7, 11) is 0. The fourth-order valence-corrected chi connectivity index (χ4v) is 4.38. The minimum atomic E-state index is -0.261. The Bertz CT molecular complexity index is 915. The van der Waals surface area contributed by atoms with Crippen LogP contribution in [0.4, 0.5) is 11.4 Å². The Morgan fingerprint density at radius 2 is 1.81 bits per heavy atom. The number of aromatic nitrogens is 1. The standard InChI is InChI=1S/C21H23N3O2/c25-20-16(10-11-17(22-20)14-8-9-14)21(26)24-13-15-5-3-4-12-23(15)18-6-1-2-7-19(18)24/h1-2,6-7,10-11,14-15H,3-5,8-9,12-13H2,(H,22,25). The summed E-state index contributed by atoms with van der Waals surface area (Å²) in [5, 5.41) is 0. The molecule has 2 aliphatic heterocycles. The number of H-pyrrole nitrogens is 1. The molecule has 1 saturated carbocycles. The Morgan fingerprint density at radius 3 is 2.58 bits per heavy atom. The average molecular weight is 349 g/mol. The molecule has 1 atom stereocenters. The van der Waals surface area contributed by atoms with Crippen molar-refractivity contribution in [1.82, 2.24) is 4.98 Å². The van der Waals surface area contributed by atoms with Gasteiger partial charge in [0.05, 0.1) is 11.4 Å². The number of para-hydroxylation sites is 2. The van der Waals surface area contributed by atoms with Crippen LogP contribution >= 0.6 is 0 Å². The number of amides is 1. The van der Waals surface area contributed by atoms with Crippen LogP contribution < -0.4 is 15.4 Å². The van der Waals surface area contributed by atoms with E-state index in [1.54, 1.807) is 6.07 Å². The van der Waals surface area contributed by atoms with Crippen LogP contribution in [0.3, 0.4) is 0 Å². The molecule has 0 radical (unpaired) electrons. The number of nitrogens with zero attached hydrogens (tertiary/aromatic N) is 2. The molecular weight excluding hydrogens is 326 g/mol. The molecule has 2 aromatic rings. The highest BCUT2D eigenvalue weighted by atomic mass is 16.2. The Hall–Kier alpha value is -2.56. The Kier molecular flexibility index (Phi) is 3.62. The molecule has 1 aromatic heterocycles. The monoisotopic (exact) mass is 349 g/mol. The lowest BCUT2D eigenvalue weighted by Gasteiger charge is -2.46. The molecule has 1 saturated heterocycles. The van der Waals surface area contributed by atoms with E-state index in [0.717, 1.165) is 42.9 Å². The van der Waals surface area contributed by atoms with Gasteiger partial charge in [-0.05, 0) is 62.3 Å². The second-order valence-corrected chi connectivity index (χ2v) is 7.68. The van der Waals surface area contributed by atoms with Gasteiger partial charge in [0.15, 0.2) is 0 Å². The maximum atomic E-state index is 13.2. The molecule has 134 valence electrons. The molecule has 2 fully saturated rings. The van der Waals surface area contributed by atoms with Crippen molar-refractivity contribution in [3.05, 3.63) is 58.0 Å². The summed E-state index contributed by atoms with van der Waals surface area (Å²) in [6.45, 7) is 1.69. The highest BCUT2D eigenvalue weighted by Crippen LogP contribution is 2.40. The van der Waals surface area contributed by atoms with E-state index < -0.39 is 0 Å². The molecule has 1 amide bonds. The van der Waals surface area contributed by atoms with Crippen LogP contribution in [-0.4, -0.2) is 30.0 Å². The van der Waals surface area contributed by atoms with Gasteiger partial charge >= 0.3 is 0 Å². The van der Waals surface area contributed by atoms with E-state index in [-0.39, 0.29) is 17.0 Å². The summed E-state index contributed by atoms with van der Waals surface area (Å²) in [4.78, 5) is 32.9. The maximum absolute atomic E-state index is 13.2. The van der Waals surface area contributed by atoms with E-state index >= 15 is 0 Å². The SMILES string of the molecule is O=C(c1ccc(C2CC2)[nH]c1=O)N1CC2CCCCN2c2ccccc21. The van der Waals surface area contributed by atoms with Crippen molar-refractivity contribution in [3.8, 4) is 0 Å². The van der Waals surface area contributed by atoms with Crippen molar-refractivity contribution < 1.29 is 4.79 Å². The van der Waals surface area contributed by atoms with Crippen molar-refractivity contribution in [1.29, 1.82) is 0 Å². The predicted octanol–water partition coefficient (Wildman–Crippen LogP) is 3.27.